The van der Waals surface area contributed by atoms with Gasteiger partial charge in [-0.05, 0) is 61.0 Å². The molecular formula is C54H34N8. The minimum Gasteiger partial charge on any atom is -0.333 e. The van der Waals surface area contributed by atoms with E-state index < -0.39 is 0 Å². The third-order valence-corrected chi connectivity index (χ3v) is 13.0. The third kappa shape index (κ3) is 4.55. The van der Waals surface area contributed by atoms with Gasteiger partial charge in [0.15, 0.2) is 5.65 Å². The molecule has 7 aromatic carbocycles. The maximum absolute atomic E-state index is 5.26. The van der Waals surface area contributed by atoms with Crippen molar-refractivity contribution >= 4 is 98.3 Å². The average Bonchev–Trinajstić information content (AvgIpc) is 4.06. The summed E-state index contributed by atoms with van der Waals surface area (Å²) in [5, 5.41) is 10.2. The lowest BCUT2D eigenvalue weighted by atomic mass is 10.1. The fourth-order valence-corrected chi connectivity index (χ4v) is 10.4. The smallest absolute Gasteiger partial charge is 0.236 e. The summed E-state index contributed by atoms with van der Waals surface area (Å²) in [6, 6.07) is 54.6. The fourth-order valence-electron chi connectivity index (χ4n) is 10.4. The molecule has 0 aliphatic heterocycles. The highest BCUT2D eigenvalue weighted by atomic mass is 15.2. The van der Waals surface area contributed by atoms with E-state index in [0.29, 0.717) is 17.5 Å². The Morgan fingerprint density at radius 3 is 1.71 bits per heavy atom. The van der Waals surface area contributed by atoms with Crippen molar-refractivity contribution in [3.8, 4) is 17.6 Å². The SMILES string of the molecule is C1=CCC(n2c3ccccc3c3cc4c(cc32)c2ccccc2n4-c2ncc3cnc(-n4c5ccccc5c5c4ccc4c6ccccc6n(-c6ccccc6)c45)nc3n2)C=C1. The normalized spacial score (nSPS) is 14.4. The van der Waals surface area contributed by atoms with Gasteiger partial charge in [-0.2, -0.15) is 9.97 Å². The summed E-state index contributed by atoms with van der Waals surface area (Å²) in [6.07, 6.45) is 13.5. The van der Waals surface area contributed by atoms with Crippen LogP contribution in [0.25, 0.3) is 116 Å². The molecule has 0 radical (unpaired) electrons. The summed E-state index contributed by atoms with van der Waals surface area (Å²) in [5.74, 6) is 1.12. The van der Waals surface area contributed by atoms with Crippen molar-refractivity contribution in [3.05, 3.63) is 188 Å². The van der Waals surface area contributed by atoms with Crippen LogP contribution in [0.3, 0.4) is 0 Å². The first kappa shape index (κ1) is 33.5. The van der Waals surface area contributed by atoms with E-state index in [1.54, 1.807) is 0 Å². The van der Waals surface area contributed by atoms with E-state index in [4.69, 9.17) is 19.9 Å². The molecule has 0 saturated carbocycles. The summed E-state index contributed by atoms with van der Waals surface area (Å²) in [4.78, 5) is 20.5. The molecule has 0 bridgehead atoms. The quantitative estimate of drug-likeness (QED) is 0.178. The van der Waals surface area contributed by atoms with Crippen molar-refractivity contribution in [2.75, 3.05) is 0 Å². The highest BCUT2D eigenvalue weighted by Crippen LogP contribution is 2.43. The highest BCUT2D eigenvalue weighted by molar-refractivity contribution is 6.26. The van der Waals surface area contributed by atoms with E-state index in [1.165, 1.54) is 38.1 Å². The molecule has 62 heavy (non-hydrogen) atoms. The molecule has 0 fully saturated rings. The van der Waals surface area contributed by atoms with E-state index in [9.17, 15) is 0 Å². The lowest BCUT2D eigenvalue weighted by Gasteiger charge is -2.18. The zero-order valence-electron chi connectivity index (χ0n) is 33.3. The Hall–Kier alpha value is -8.36. The number of benzene rings is 7. The highest BCUT2D eigenvalue weighted by Gasteiger charge is 2.24. The largest absolute Gasteiger partial charge is 0.333 e. The summed E-state index contributed by atoms with van der Waals surface area (Å²) < 4.78 is 9.27. The van der Waals surface area contributed by atoms with Gasteiger partial charge < -0.3 is 9.13 Å². The molecule has 0 N–H and O–H groups in total. The van der Waals surface area contributed by atoms with Gasteiger partial charge in [-0.15, -0.1) is 0 Å². The molecule has 0 spiro atoms. The van der Waals surface area contributed by atoms with E-state index >= 15 is 0 Å². The molecule has 1 aliphatic rings. The van der Waals surface area contributed by atoms with Crippen LogP contribution in [0.15, 0.2) is 188 Å². The molecule has 1 aliphatic carbocycles. The van der Waals surface area contributed by atoms with Crippen LogP contribution in [-0.4, -0.2) is 38.2 Å². The molecule has 290 valence electrons. The molecule has 13 aromatic rings. The van der Waals surface area contributed by atoms with Gasteiger partial charge in [-0.25, -0.2) is 9.97 Å². The second kappa shape index (κ2) is 12.6. The van der Waals surface area contributed by atoms with Gasteiger partial charge in [-0.3, -0.25) is 9.13 Å². The van der Waals surface area contributed by atoms with Crippen LogP contribution < -0.4 is 0 Å². The number of nitrogens with zero attached hydrogens (tertiary/aromatic N) is 8. The second-order valence-electron chi connectivity index (χ2n) is 16.3. The maximum atomic E-state index is 5.26. The fraction of sp³-hybridized carbons (Fsp3) is 0.0370. The lowest BCUT2D eigenvalue weighted by Crippen LogP contribution is -2.06. The van der Waals surface area contributed by atoms with Crippen LogP contribution in [0.4, 0.5) is 0 Å². The van der Waals surface area contributed by atoms with Crippen molar-refractivity contribution in [1.82, 2.24) is 38.2 Å². The van der Waals surface area contributed by atoms with Crippen molar-refractivity contribution < 1.29 is 0 Å². The Morgan fingerprint density at radius 2 is 1.00 bits per heavy atom. The minimum absolute atomic E-state index is 0.237. The monoisotopic (exact) mass is 794 g/mol. The summed E-state index contributed by atoms with van der Waals surface area (Å²) in [7, 11) is 0. The molecule has 1 atom stereocenters. The molecule has 1 unspecified atom stereocenters. The summed E-state index contributed by atoms with van der Waals surface area (Å²) >= 11 is 0. The molecule has 8 nitrogen and oxygen atoms in total. The Morgan fingerprint density at radius 1 is 0.435 bits per heavy atom. The minimum atomic E-state index is 0.237. The zero-order chi connectivity index (χ0) is 40.5. The number of hydrogen-bond acceptors (Lipinski definition) is 4. The van der Waals surface area contributed by atoms with Crippen molar-refractivity contribution in [2.45, 2.75) is 12.5 Å². The first-order valence-corrected chi connectivity index (χ1v) is 21.1. The molecule has 6 heterocycles. The number of rotatable bonds is 4. The standard InChI is InChI=1S/C54H34N8/c1-3-15-34(16-4-1)59-43-23-11-8-20-37(43)41-30-49-42(29-48(41)59)38-21-9-13-25-45(38)62(49)54-56-32-33-31-55-53(57-52(33)58-54)61-46-26-14-10-22-40(46)50-47(61)28-27-39-36-19-7-12-24-44(36)60(51(39)50)35-17-5-2-6-18-35/h1-15,17-32,34H,16H2. The van der Waals surface area contributed by atoms with Crippen LogP contribution >= 0.6 is 0 Å². The second-order valence-corrected chi connectivity index (χ2v) is 16.3. The van der Waals surface area contributed by atoms with E-state index in [-0.39, 0.29) is 6.04 Å². The first-order valence-electron chi connectivity index (χ1n) is 21.1. The molecule has 0 amide bonds. The third-order valence-electron chi connectivity index (χ3n) is 13.0. The molecule has 0 saturated heterocycles. The van der Waals surface area contributed by atoms with E-state index in [2.05, 4.69) is 194 Å². The average molecular weight is 795 g/mol. The van der Waals surface area contributed by atoms with Gasteiger partial charge in [0.1, 0.15) is 0 Å². The van der Waals surface area contributed by atoms with Crippen molar-refractivity contribution in [2.24, 2.45) is 0 Å². The topological polar surface area (TPSA) is 71.3 Å². The first-order chi connectivity index (χ1) is 30.8. The molecule has 14 rings (SSSR count). The van der Waals surface area contributed by atoms with E-state index in [1.807, 2.05) is 12.4 Å². The predicted molar refractivity (Wildman–Crippen MR) is 253 cm³/mol. The number of allylic oxidation sites excluding steroid dienone is 4. The number of fused-ring (bicyclic) bond motifs is 14. The van der Waals surface area contributed by atoms with E-state index in [0.717, 1.165) is 66.6 Å². The van der Waals surface area contributed by atoms with Gasteiger partial charge in [0.25, 0.3) is 0 Å². The van der Waals surface area contributed by atoms with Gasteiger partial charge in [-0.1, -0.05) is 121 Å². The van der Waals surface area contributed by atoms with Gasteiger partial charge in [0.2, 0.25) is 11.9 Å². The molecular weight excluding hydrogens is 761 g/mol. The Kier molecular flexibility index (Phi) is 6.79. The van der Waals surface area contributed by atoms with Crippen LogP contribution in [0.5, 0.6) is 0 Å². The molecule has 6 aromatic heterocycles. The van der Waals surface area contributed by atoms with Gasteiger partial charge in [0.05, 0.1) is 50.0 Å². The predicted octanol–water partition coefficient (Wildman–Crippen LogP) is 12.9. The van der Waals surface area contributed by atoms with Crippen LogP contribution in [-0.2, 0) is 0 Å². The Bertz CT molecular complexity index is 4080. The number of para-hydroxylation sites is 5. The van der Waals surface area contributed by atoms with Gasteiger partial charge in [0, 0.05) is 66.7 Å². The Labute approximate surface area is 353 Å². The molecule has 8 heteroatoms. The van der Waals surface area contributed by atoms with Gasteiger partial charge >= 0.3 is 0 Å². The van der Waals surface area contributed by atoms with Crippen LogP contribution in [0, 0.1) is 0 Å². The Balaban J connectivity index is 1.00. The summed E-state index contributed by atoms with van der Waals surface area (Å²) in [5.41, 5.74) is 10.6. The maximum Gasteiger partial charge on any atom is 0.236 e. The van der Waals surface area contributed by atoms with Crippen LogP contribution in [0.1, 0.15) is 12.5 Å². The van der Waals surface area contributed by atoms with Crippen molar-refractivity contribution in [1.29, 1.82) is 0 Å². The van der Waals surface area contributed by atoms with Crippen LogP contribution in [0.2, 0.25) is 0 Å². The summed E-state index contributed by atoms with van der Waals surface area (Å²) in [6.45, 7) is 0. The number of aromatic nitrogens is 8. The zero-order valence-corrected chi connectivity index (χ0v) is 33.3. The van der Waals surface area contributed by atoms with Crippen molar-refractivity contribution in [3.63, 3.8) is 0 Å². The number of hydrogen-bond donors (Lipinski definition) is 0. The lowest BCUT2D eigenvalue weighted by molar-refractivity contribution is 0.648.